The molecule has 3 rings (SSSR count). The number of hydrogen-bond donors (Lipinski definition) is 0. The Morgan fingerprint density at radius 2 is 1.10 bits per heavy atom. The molecule has 0 saturated carbocycles. The third-order valence-corrected chi connectivity index (χ3v) is 10.4. The Hall–Kier alpha value is -1.54. The van der Waals surface area contributed by atoms with E-state index in [-0.39, 0.29) is 0 Å². The van der Waals surface area contributed by atoms with Crippen LogP contribution in [0.1, 0.15) is 20.8 Å². The molecule has 0 N–H and O–H groups in total. The van der Waals surface area contributed by atoms with Gasteiger partial charge in [0.25, 0.3) is 0 Å². The number of fused-ring (bicyclic) bond motifs is 3. The molecule has 0 saturated heterocycles. The van der Waals surface area contributed by atoms with Gasteiger partial charge >= 0.3 is 0 Å². The zero-order chi connectivity index (χ0) is 14.2. The van der Waals surface area contributed by atoms with Crippen LogP contribution in [0.15, 0.2) is 48.5 Å². The van der Waals surface area contributed by atoms with Crippen molar-refractivity contribution in [3.63, 3.8) is 0 Å². The molecule has 1 aromatic heterocycles. The van der Waals surface area contributed by atoms with Crippen LogP contribution in [0.4, 0.5) is 0 Å². The minimum atomic E-state index is -1.45. The molecule has 1 heterocycles. The van der Waals surface area contributed by atoms with Crippen molar-refractivity contribution < 1.29 is 0 Å². The van der Waals surface area contributed by atoms with Gasteiger partial charge in [-0.2, -0.15) is 0 Å². The molecule has 0 spiro atoms. The van der Waals surface area contributed by atoms with Gasteiger partial charge in [0.1, 0.15) is 0 Å². The third-order valence-electron chi connectivity index (χ3n) is 5.03. The minimum absolute atomic E-state index is 1.31. The van der Waals surface area contributed by atoms with Crippen molar-refractivity contribution in [2.75, 3.05) is 0 Å². The normalized spacial score (nSPS) is 12.3. The van der Waals surface area contributed by atoms with Crippen LogP contribution in [-0.2, 0) is 0 Å². The summed E-state index contributed by atoms with van der Waals surface area (Å²) in [5.74, 6) is 0. The summed E-state index contributed by atoms with van der Waals surface area (Å²) in [5.41, 5.74) is 2.87. The maximum Gasteiger partial charge on any atom is 0.161 e. The maximum absolute atomic E-state index is 2.73. The summed E-state index contributed by atoms with van der Waals surface area (Å²) in [6.07, 6.45) is 0. The van der Waals surface area contributed by atoms with Crippen LogP contribution in [-0.4, -0.2) is 12.5 Å². The van der Waals surface area contributed by atoms with Gasteiger partial charge in [0.15, 0.2) is 8.24 Å². The van der Waals surface area contributed by atoms with E-state index in [9.17, 15) is 0 Å². The van der Waals surface area contributed by atoms with Crippen molar-refractivity contribution in [1.29, 1.82) is 0 Å². The topological polar surface area (TPSA) is 4.93 Å². The van der Waals surface area contributed by atoms with Crippen LogP contribution >= 0.6 is 0 Å². The highest BCUT2D eigenvalue weighted by atomic mass is 28.3. The summed E-state index contributed by atoms with van der Waals surface area (Å²) in [7, 11) is -1.45. The second-order valence-corrected chi connectivity index (χ2v) is 10.7. The van der Waals surface area contributed by atoms with Crippen molar-refractivity contribution in [3.05, 3.63) is 48.5 Å². The molecule has 0 aliphatic carbocycles. The van der Waals surface area contributed by atoms with E-state index in [4.69, 9.17) is 0 Å². The predicted octanol–water partition coefficient (Wildman–Crippen LogP) is 5.65. The Bertz CT molecular complexity index is 676. The number of nitrogens with zero attached hydrogens (tertiary/aromatic N) is 1. The molecular weight excluding hydrogens is 258 g/mol. The Morgan fingerprint density at radius 3 is 1.50 bits per heavy atom. The van der Waals surface area contributed by atoms with E-state index in [0.717, 1.165) is 0 Å². The Balaban J connectivity index is 2.49. The summed E-state index contributed by atoms with van der Waals surface area (Å²) in [5, 5.41) is 2.82. The first-order valence-electron chi connectivity index (χ1n) is 7.76. The summed E-state index contributed by atoms with van der Waals surface area (Å²) < 4.78 is 2.73. The van der Waals surface area contributed by atoms with Gasteiger partial charge in [-0.1, -0.05) is 57.2 Å². The van der Waals surface area contributed by atoms with Gasteiger partial charge < -0.3 is 4.23 Å². The minimum Gasteiger partial charge on any atom is -0.368 e. The molecular formula is C18H23NSi. The van der Waals surface area contributed by atoms with Crippen LogP contribution in [0, 0.1) is 0 Å². The lowest BCUT2D eigenvalue weighted by Gasteiger charge is -2.32. The molecule has 104 valence electrons. The van der Waals surface area contributed by atoms with Crippen molar-refractivity contribution in [1.82, 2.24) is 4.23 Å². The van der Waals surface area contributed by atoms with Crippen molar-refractivity contribution in [2.45, 2.75) is 38.9 Å². The zero-order valence-electron chi connectivity index (χ0n) is 12.7. The second-order valence-electron chi connectivity index (χ2n) is 5.65. The molecule has 0 radical (unpaired) electrons. The van der Waals surface area contributed by atoms with Gasteiger partial charge in [-0.15, -0.1) is 0 Å². The van der Waals surface area contributed by atoms with Gasteiger partial charge in [-0.25, -0.2) is 0 Å². The highest BCUT2D eigenvalue weighted by molar-refractivity contribution is 6.79. The van der Waals surface area contributed by atoms with E-state index in [1.54, 1.807) is 0 Å². The fourth-order valence-electron chi connectivity index (χ4n) is 3.66. The first kappa shape index (κ1) is 13.4. The Labute approximate surface area is 122 Å². The van der Waals surface area contributed by atoms with Crippen LogP contribution in [0.2, 0.25) is 18.1 Å². The van der Waals surface area contributed by atoms with Gasteiger partial charge in [-0.3, -0.25) is 0 Å². The lowest BCUT2D eigenvalue weighted by molar-refractivity contribution is 1.06. The average molecular weight is 281 g/mol. The van der Waals surface area contributed by atoms with Crippen molar-refractivity contribution in [2.24, 2.45) is 0 Å². The lowest BCUT2D eigenvalue weighted by Crippen LogP contribution is -2.40. The summed E-state index contributed by atoms with van der Waals surface area (Å²) in [6, 6.07) is 21.8. The maximum atomic E-state index is 2.73. The summed E-state index contributed by atoms with van der Waals surface area (Å²) in [6.45, 7) is 7.13. The molecule has 0 aliphatic rings. The number of hydrogen-bond acceptors (Lipinski definition) is 0. The molecule has 0 bridgehead atoms. The van der Waals surface area contributed by atoms with Crippen LogP contribution in [0.25, 0.3) is 21.8 Å². The molecule has 1 nitrogen and oxygen atoms in total. The lowest BCUT2D eigenvalue weighted by atomic mass is 10.2. The molecule has 2 heteroatoms. The number of aromatic nitrogens is 1. The van der Waals surface area contributed by atoms with Crippen LogP contribution in [0.3, 0.4) is 0 Å². The van der Waals surface area contributed by atoms with Gasteiger partial charge in [-0.05, 0) is 30.3 Å². The largest absolute Gasteiger partial charge is 0.368 e. The average Bonchev–Trinajstić information content (AvgIpc) is 2.86. The fourth-order valence-corrected chi connectivity index (χ4v) is 7.52. The number of rotatable bonds is 4. The van der Waals surface area contributed by atoms with Gasteiger partial charge in [0.2, 0.25) is 0 Å². The summed E-state index contributed by atoms with van der Waals surface area (Å²) in [4.78, 5) is 0. The number of benzene rings is 2. The summed E-state index contributed by atoms with van der Waals surface area (Å²) >= 11 is 0. The van der Waals surface area contributed by atoms with E-state index in [1.165, 1.54) is 39.9 Å². The van der Waals surface area contributed by atoms with Crippen molar-refractivity contribution in [3.8, 4) is 0 Å². The molecule has 20 heavy (non-hydrogen) atoms. The first-order valence-corrected chi connectivity index (χ1v) is 10.3. The van der Waals surface area contributed by atoms with E-state index in [2.05, 4.69) is 73.5 Å². The molecule has 0 unspecified atom stereocenters. The van der Waals surface area contributed by atoms with Gasteiger partial charge in [0.05, 0.1) is 0 Å². The molecule has 3 aromatic rings. The fraction of sp³-hybridized carbons (Fsp3) is 0.333. The van der Waals surface area contributed by atoms with E-state index < -0.39 is 8.24 Å². The van der Waals surface area contributed by atoms with Gasteiger partial charge in [0, 0.05) is 21.8 Å². The Kier molecular flexibility index (Phi) is 3.43. The highest BCUT2D eigenvalue weighted by Gasteiger charge is 2.32. The standard InChI is InChI=1S/C18H23NSi/c1-4-20(5-2,6-3)19-17-13-9-7-11-15(17)16-12-8-10-14-18(16)19/h7-14H,4-6H2,1-3H3. The first-order chi connectivity index (χ1) is 9.77. The van der Waals surface area contributed by atoms with Crippen LogP contribution < -0.4 is 0 Å². The predicted molar refractivity (Wildman–Crippen MR) is 92.0 cm³/mol. The number of para-hydroxylation sites is 2. The Morgan fingerprint density at radius 1 is 0.700 bits per heavy atom. The SMILES string of the molecule is CC[Si](CC)(CC)n1c2ccccc2c2ccccc21. The molecule has 0 fully saturated rings. The molecule has 0 amide bonds. The monoisotopic (exact) mass is 281 g/mol. The molecule has 0 aliphatic heterocycles. The van der Waals surface area contributed by atoms with E-state index in [0.29, 0.717) is 0 Å². The highest BCUT2D eigenvalue weighted by Crippen LogP contribution is 2.35. The van der Waals surface area contributed by atoms with Crippen molar-refractivity contribution >= 4 is 30.0 Å². The van der Waals surface area contributed by atoms with E-state index >= 15 is 0 Å². The third kappa shape index (κ3) is 1.75. The molecule has 0 atom stereocenters. The van der Waals surface area contributed by atoms with E-state index in [1.807, 2.05) is 0 Å². The molecule has 2 aromatic carbocycles. The quantitative estimate of drug-likeness (QED) is 0.545. The second kappa shape index (κ2) is 5.10. The van der Waals surface area contributed by atoms with Crippen LogP contribution in [0.5, 0.6) is 0 Å². The smallest absolute Gasteiger partial charge is 0.161 e. The zero-order valence-corrected chi connectivity index (χ0v) is 13.7.